The molecule has 0 spiro atoms. The van der Waals surface area contributed by atoms with Crippen molar-refractivity contribution in [1.29, 1.82) is 0 Å². The predicted octanol–water partition coefficient (Wildman–Crippen LogP) is 2.92. The molecule has 1 amide bonds. The number of carbonyl (C=O) groups excluding carboxylic acids is 1. The number of halogens is 3. The molecule has 4 nitrogen and oxygen atoms in total. The van der Waals surface area contributed by atoms with E-state index in [-0.39, 0.29) is 29.7 Å². The summed E-state index contributed by atoms with van der Waals surface area (Å²) >= 11 is 0. The fourth-order valence-corrected chi connectivity index (χ4v) is 2.08. The van der Waals surface area contributed by atoms with Crippen LogP contribution < -0.4 is 10.5 Å². The van der Waals surface area contributed by atoms with Gasteiger partial charge in [-0.15, -0.1) is 13.2 Å². The molecule has 0 fully saturated rings. The maximum Gasteiger partial charge on any atom is 0.573 e. The maximum atomic E-state index is 12.4. The second-order valence-corrected chi connectivity index (χ2v) is 5.59. The van der Waals surface area contributed by atoms with Crippen LogP contribution in [-0.2, 0) is 11.3 Å². The van der Waals surface area contributed by atoms with Gasteiger partial charge in [-0.05, 0) is 18.4 Å². The van der Waals surface area contributed by atoms with E-state index in [4.69, 9.17) is 5.73 Å². The first-order valence-electron chi connectivity index (χ1n) is 6.94. The Balaban J connectivity index is 2.80. The average Bonchev–Trinajstić information content (AvgIpc) is 2.37. The topological polar surface area (TPSA) is 55.6 Å². The third-order valence-corrected chi connectivity index (χ3v) is 3.02. The number of alkyl halides is 3. The lowest BCUT2D eigenvalue weighted by atomic mass is 10.0. The Morgan fingerprint density at radius 3 is 2.45 bits per heavy atom. The van der Waals surface area contributed by atoms with Crippen molar-refractivity contribution in [2.24, 2.45) is 11.7 Å². The number of carbonyl (C=O) groups is 1. The van der Waals surface area contributed by atoms with E-state index in [1.54, 1.807) is 6.07 Å². The summed E-state index contributed by atoms with van der Waals surface area (Å²) < 4.78 is 41.1. The second kappa shape index (κ2) is 7.49. The summed E-state index contributed by atoms with van der Waals surface area (Å²) in [6.45, 7) is 3.89. The highest BCUT2D eigenvalue weighted by Gasteiger charge is 2.32. The number of nitrogens with two attached hydrogens (primary N) is 1. The fourth-order valence-electron chi connectivity index (χ4n) is 2.08. The average molecular weight is 318 g/mol. The van der Waals surface area contributed by atoms with Crippen LogP contribution in [0.4, 0.5) is 13.2 Å². The van der Waals surface area contributed by atoms with Gasteiger partial charge in [0.1, 0.15) is 5.75 Å². The number of likely N-dealkylation sites (N-methyl/N-ethyl adjacent to an activating group) is 1. The minimum absolute atomic E-state index is 0.00309. The molecule has 0 unspecified atom stereocenters. The largest absolute Gasteiger partial charge is 0.573 e. The molecule has 0 aromatic heterocycles. The van der Waals surface area contributed by atoms with E-state index in [2.05, 4.69) is 4.74 Å². The number of ether oxygens (including phenoxy) is 1. The van der Waals surface area contributed by atoms with Gasteiger partial charge in [0.2, 0.25) is 5.91 Å². The molecule has 0 heterocycles. The number of amides is 1. The van der Waals surface area contributed by atoms with E-state index in [1.165, 1.54) is 30.1 Å². The van der Waals surface area contributed by atoms with Crippen molar-refractivity contribution in [1.82, 2.24) is 4.90 Å². The monoisotopic (exact) mass is 318 g/mol. The van der Waals surface area contributed by atoms with Crippen LogP contribution in [0.25, 0.3) is 0 Å². The van der Waals surface area contributed by atoms with Crippen molar-refractivity contribution in [2.75, 3.05) is 7.05 Å². The van der Waals surface area contributed by atoms with Crippen LogP contribution in [0, 0.1) is 5.92 Å². The number of hydrogen-bond donors (Lipinski definition) is 1. The van der Waals surface area contributed by atoms with E-state index >= 15 is 0 Å². The molecule has 0 bridgehead atoms. The van der Waals surface area contributed by atoms with Crippen LogP contribution in [-0.4, -0.2) is 30.3 Å². The van der Waals surface area contributed by atoms with Gasteiger partial charge in [-0.3, -0.25) is 4.79 Å². The number of benzene rings is 1. The Bertz CT molecular complexity index is 504. The first-order valence-corrected chi connectivity index (χ1v) is 6.94. The van der Waals surface area contributed by atoms with Crippen LogP contribution in [0.5, 0.6) is 5.75 Å². The van der Waals surface area contributed by atoms with Crippen molar-refractivity contribution in [2.45, 2.75) is 39.2 Å². The molecule has 0 radical (unpaired) electrons. The van der Waals surface area contributed by atoms with E-state index in [0.29, 0.717) is 6.42 Å². The van der Waals surface area contributed by atoms with Gasteiger partial charge in [0.15, 0.2) is 0 Å². The summed E-state index contributed by atoms with van der Waals surface area (Å²) in [7, 11) is 1.51. The van der Waals surface area contributed by atoms with Gasteiger partial charge in [-0.1, -0.05) is 32.0 Å². The molecule has 1 aromatic carbocycles. The summed E-state index contributed by atoms with van der Waals surface area (Å²) in [4.78, 5) is 13.4. The Kier molecular flexibility index (Phi) is 6.22. The number of nitrogens with zero attached hydrogens (tertiary/aromatic N) is 1. The summed E-state index contributed by atoms with van der Waals surface area (Å²) in [5, 5.41) is 0. The molecule has 0 aliphatic heterocycles. The van der Waals surface area contributed by atoms with E-state index in [1.807, 2.05) is 13.8 Å². The number of rotatable bonds is 6. The van der Waals surface area contributed by atoms with Gasteiger partial charge >= 0.3 is 6.36 Å². The second-order valence-electron chi connectivity index (χ2n) is 5.59. The third-order valence-electron chi connectivity index (χ3n) is 3.02. The highest BCUT2D eigenvalue weighted by Crippen LogP contribution is 2.27. The van der Waals surface area contributed by atoms with Crippen molar-refractivity contribution >= 4 is 5.91 Å². The van der Waals surface area contributed by atoms with Crippen LogP contribution in [0.2, 0.25) is 0 Å². The van der Waals surface area contributed by atoms with Crippen LogP contribution in [0.15, 0.2) is 24.3 Å². The summed E-state index contributed by atoms with van der Waals surface area (Å²) in [6, 6.07) is 5.07. The molecular formula is C15H21F3N2O2. The molecule has 2 N–H and O–H groups in total. The number of para-hydroxylation sites is 1. The zero-order chi connectivity index (χ0) is 16.9. The van der Waals surface area contributed by atoms with Crippen molar-refractivity contribution in [3.63, 3.8) is 0 Å². The highest BCUT2D eigenvalue weighted by molar-refractivity contribution is 5.81. The molecule has 7 heteroatoms. The Hall–Kier alpha value is -1.76. The zero-order valence-corrected chi connectivity index (χ0v) is 12.9. The lowest BCUT2D eigenvalue weighted by molar-refractivity contribution is -0.275. The predicted molar refractivity (Wildman–Crippen MR) is 77.0 cm³/mol. The molecule has 22 heavy (non-hydrogen) atoms. The van der Waals surface area contributed by atoms with Gasteiger partial charge in [-0.2, -0.15) is 0 Å². The molecule has 1 atom stereocenters. The standard InChI is InChI=1S/C15H21F3N2O2/c1-10(2)8-12(19)14(21)20(3)9-11-6-4-5-7-13(11)22-15(16,17)18/h4-7,10,12H,8-9,19H2,1-3H3/t12-/m0/s1. The van der Waals surface area contributed by atoms with Gasteiger partial charge in [-0.25, -0.2) is 0 Å². The van der Waals surface area contributed by atoms with Crippen LogP contribution in [0.3, 0.4) is 0 Å². The van der Waals surface area contributed by atoms with Crippen LogP contribution in [0.1, 0.15) is 25.8 Å². The lowest BCUT2D eigenvalue weighted by Crippen LogP contribution is -2.42. The summed E-state index contributed by atoms with van der Waals surface area (Å²) in [5.74, 6) is -0.365. The molecule has 124 valence electrons. The molecule has 0 saturated heterocycles. The highest BCUT2D eigenvalue weighted by atomic mass is 19.4. The number of hydrogen-bond acceptors (Lipinski definition) is 3. The molecule has 1 rings (SSSR count). The fraction of sp³-hybridized carbons (Fsp3) is 0.533. The summed E-state index contributed by atoms with van der Waals surface area (Å²) in [6.07, 6.45) is -4.25. The van der Waals surface area contributed by atoms with Gasteiger partial charge < -0.3 is 15.4 Å². The SMILES string of the molecule is CC(C)C[C@H](N)C(=O)N(C)Cc1ccccc1OC(F)(F)F. The maximum absolute atomic E-state index is 12.4. The van der Waals surface area contributed by atoms with Crippen molar-refractivity contribution < 1.29 is 22.7 Å². The van der Waals surface area contributed by atoms with Crippen molar-refractivity contribution in [3.05, 3.63) is 29.8 Å². The third kappa shape index (κ3) is 5.93. The quantitative estimate of drug-likeness (QED) is 0.877. The Morgan fingerprint density at radius 2 is 1.91 bits per heavy atom. The summed E-state index contributed by atoms with van der Waals surface area (Å²) in [5.41, 5.74) is 6.08. The van der Waals surface area contributed by atoms with Gasteiger partial charge in [0.05, 0.1) is 6.04 Å². The zero-order valence-electron chi connectivity index (χ0n) is 12.9. The molecule has 0 aliphatic carbocycles. The van der Waals surface area contributed by atoms with Crippen molar-refractivity contribution in [3.8, 4) is 5.75 Å². The Labute approximate surface area is 128 Å². The van der Waals surface area contributed by atoms with Gasteiger partial charge in [0.25, 0.3) is 0 Å². The smallest absolute Gasteiger partial charge is 0.405 e. The molecule has 0 saturated carbocycles. The molecular weight excluding hydrogens is 297 g/mol. The first-order chi connectivity index (χ1) is 10.1. The van der Waals surface area contributed by atoms with E-state index < -0.39 is 12.4 Å². The Morgan fingerprint density at radius 1 is 1.32 bits per heavy atom. The lowest BCUT2D eigenvalue weighted by Gasteiger charge is -2.23. The van der Waals surface area contributed by atoms with E-state index in [9.17, 15) is 18.0 Å². The minimum Gasteiger partial charge on any atom is -0.405 e. The van der Waals surface area contributed by atoms with E-state index in [0.717, 1.165) is 0 Å². The first kappa shape index (κ1) is 18.3. The minimum atomic E-state index is -4.77. The normalized spacial score (nSPS) is 13.1. The van der Waals surface area contributed by atoms with Gasteiger partial charge in [0, 0.05) is 19.2 Å². The molecule has 0 aliphatic rings. The van der Waals surface area contributed by atoms with Crippen LogP contribution >= 0.6 is 0 Å². The molecule has 1 aromatic rings.